The summed E-state index contributed by atoms with van der Waals surface area (Å²) < 4.78 is 5.32. The van der Waals surface area contributed by atoms with E-state index in [0.29, 0.717) is 18.1 Å². The fourth-order valence-corrected chi connectivity index (χ4v) is 2.80. The van der Waals surface area contributed by atoms with Gasteiger partial charge in [-0.05, 0) is 31.0 Å². The van der Waals surface area contributed by atoms with Crippen LogP contribution in [0.5, 0.6) is 0 Å². The standard InChI is InChI=1S/C19H25N5O2/c1-14-3-4-15(2)16(11-14)23-18-12-17(21-13-22-18)19(25)20-5-6-24-7-9-26-10-8-24/h3-4,11-13H,5-10H2,1-2H3,(H,20,25)(H,21,22,23). The van der Waals surface area contributed by atoms with E-state index < -0.39 is 0 Å². The van der Waals surface area contributed by atoms with Gasteiger partial charge in [0.15, 0.2) is 0 Å². The normalized spacial score (nSPS) is 14.8. The van der Waals surface area contributed by atoms with Gasteiger partial charge in [-0.3, -0.25) is 9.69 Å². The highest BCUT2D eigenvalue weighted by Gasteiger charge is 2.12. The zero-order valence-corrected chi connectivity index (χ0v) is 15.3. The van der Waals surface area contributed by atoms with Gasteiger partial charge in [-0.1, -0.05) is 12.1 Å². The summed E-state index contributed by atoms with van der Waals surface area (Å²) in [7, 11) is 0. The van der Waals surface area contributed by atoms with Crippen LogP contribution in [0.15, 0.2) is 30.6 Å². The molecule has 138 valence electrons. The van der Waals surface area contributed by atoms with Crippen LogP contribution in [-0.4, -0.2) is 60.2 Å². The van der Waals surface area contributed by atoms with Crippen LogP contribution in [0, 0.1) is 13.8 Å². The summed E-state index contributed by atoms with van der Waals surface area (Å²) in [5.74, 6) is 0.414. The highest BCUT2D eigenvalue weighted by atomic mass is 16.5. The van der Waals surface area contributed by atoms with E-state index in [1.54, 1.807) is 6.07 Å². The molecule has 1 fully saturated rings. The Kier molecular flexibility index (Phi) is 6.14. The van der Waals surface area contributed by atoms with Gasteiger partial charge in [-0.15, -0.1) is 0 Å². The molecular weight excluding hydrogens is 330 g/mol. The highest BCUT2D eigenvalue weighted by Crippen LogP contribution is 2.20. The van der Waals surface area contributed by atoms with Crippen LogP contribution in [-0.2, 0) is 4.74 Å². The number of aromatic nitrogens is 2. The van der Waals surface area contributed by atoms with Crippen molar-refractivity contribution in [1.82, 2.24) is 20.2 Å². The smallest absolute Gasteiger partial charge is 0.270 e. The zero-order chi connectivity index (χ0) is 18.4. The van der Waals surface area contributed by atoms with E-state index in [2.05, 4.69) is 43.7 Å². The Morgan fingerprint density at radius 2 is 2.00 bits per heavy atom. The van der Waals surface area contributed by atoms with Crippen LogP contribution in [0.4, 0.5) is 11.5 Å². The molecule has 0 spiro atoms. The van der Waals surface area contributed by atoms with Crippen molar-refractivity contribution in [3.05, 3.63) is 47.4 Å². The Bertz CT molecular complexity index is 759. The lowest BCUT2D eigenvalue weighted by Crippen LogP contribution is -2.41. The average Bonchev–Trinajstić information content (AvgIpc) is 2.66. The van der Waals surface area contributed by atoms with Gasteiger partial charge in [0, 0.05) is 37.9 Å². The number of rotatable bonds is 6. The highest BCUT2D eigenvalue weighted by molar-refractivity contribution is 5.93. The van der Waals surface area contributed by atoms with Gasteiger partial charge in [0.2, 0.25) is 0 Å². The van der Waals surface area contributed by atoms with Crippen molar-refractivity contribution >= 4 is 17.4 Å². The molecule has 2 N–H and O–H groups in total. The topological polar surface area (TPSA) is 79.4 Å². The number of carbonyl (C=O) groups excluding carboxylic acids is 1. The molecule has 0 saturated carbocycles. The fraction of sp³-hybridized carbons (Fsp3) is 0.421. The minimum atomic E-state index is -0.190. The van der Waals surface area contributed by atoms with Gasteiger partial charge in [-0.25, -0.2) is 9.97 Å². The quantitative estimate of drug-likeness (QED) is 0.824. The number of benzene rings is 1. The van der Waals surface area contributed by atoms with Gasteiger partial charge >= 0.3 is 0 Å². The zero-order valence-electron chi connectivity index (χ0n) is 15.3. The van der Waals surface area contributed by atoms with Gasteiger partial charge in [0.05, 0.1) is 13.2 Å². The first-order valence-electron chi connectivity index (χ1n) is 8.86. The lowest BCUT2D eigenvalue weighted by atomic mass is 10.1. The van der Waals surface area contributed by atoms with Crippen LogP contribution >= 0.6 is 0 Å². The van der Waals surface area contributed by atoms with Crippen molar-refractivity contribution in [2.24, 2.45) is 0 Å². The molecule has 1 saturated heterocycles. The summed E-state index contributed by atoms with van der Waals surface area (Å²) in [6.45, 7) is 8.80. The Balaban J connectivity index is 1.57. The van der Waals surface area contributed by atoms with E-state index in [1.165, 1.54) is 6.33 Å². The number of hydrogen-bond donors (Lipinski definition) is 2. The van der Waals surface area contributed by atoms with Crippen molar-refractivity contribution in [1.29, 1.82) is 0 Å². The number of nitrogens with one attached hydrogen (secondary N) is 2. The molecule has 1 aliphatic rings. The second-order valence-electron chi connectivity index (χ2n) is 6.44. The summed E-state index contributed by atoms with van der Waals surface area (Å²) in [6, 6.07) is 7.84. The van der Waals surface area contributed by atoms with E-state index in [0.717, 1.165) is 49.7 Å². The van der Waals surface area contributed by atoms with E-state index >= 15 is 0 Å². The first-order chi connectivity index (χ1) is 12.6. The second-order valence-corrected chi connectivity index (χ2v) is 6.44. The minimum Gasteiger partial charge on any atom is -0.379 e. The molecule has 7 heteroatoms. The molecule has 2 aromatic rings. The van der Waals surface area contributed by atoms with Crippen LogP contribution in [0.1, 0.15) is 21.6 Å². The SMILES string of the molecule is Cc1ccc(C)c(Nc2cc(C(=O)NCCN3CCOCC3)ncn2)c1. The predicted molar refractivity (Wildman–Crippen MR) is 101 cm³/mol. The maximum atomic E-state index is 12.3. The summed E-state index contributed by atoms with van der Waals surface area (Å²) in [5, 5.41) is 6.18. The van der Waals surface area contributed by atoms with Gasteiger partial charge in [0.25, 0.3) is 5.91 Å². The average molecular weight is 355 g/mol. The largest absolute Gasteiger partial charge is 0.379 e. The molecule has 26 heavy (non-hydrogen) atoms. The third-order valence-corrected chi connectivity index (χ3v) is 4.37. The molecule has 1 amide bonds. The van der Waals surface area contributed by atoms with Crippen LogP contribution in [0.2, 0.25) is 0 Å². The number of carbonyl (C=O) groups is 1. The Morgan fingerprint density at radius 1 is 1.19 bits per heavy atom. The second kappa shape index (κ2) is 8.73. The number of amides is 1. The van der Waals surface area contributed by atoms with E-state index in [-0.39, 0.29) is 5.91 Å². The fourth-order valence-electron chi connectivity index (χ4n) is 2.80. The molecule has 0 bridgehead atoms. The van der Waals surface area contributed by atoms with Crippen LogP contribution in [0.3, 0.4) is 0 Å². The first kappa shape index (κ1) is 18.3. The molecule has 1 aromatic heterocycles. The summed E-state index contributed by atoms with van der Waals surface area (Å²) in [5.41, 5.74) is 3.61. The van der Waals surface area contributed by atoms with Crippen molar-refractivity contribution < 1.29 is 9.53 Å². The summed E-state index contributed by atoms with van der Waals surface area (Å²) in [4.78, 5) is 22.9. The minimum absolute atomic E-state index is 0.190. The van der Waals surface area contributed by atoms with E-state index in [1.807, 2.05) is 13.8 Å². The molecular formula is C19H25N5O2. The molecule has 1 aromatic carbocycles. The third-order valence-electron chi connectivity index (χ3n) is 4.37. The monoisotopic (exact) mass is 355 g/mol. The van der Waals surface area contributed by atoms with Gasteiger partial charge < -0.3 is 15.4 Å². The number of aryl methyl sites for hydroxylation is 2. The Hall–Kier alpha value is -2.51. The molecule has 0 radical (unpaired) electrons. The molecule has 1 aliphatic heterocycles. The summed E-state index contributed by atoms with van der Waals surface area (Å²) >= 11 is 0. The van der Waals surface area contributed by atoms with Crippen molar-refractivity contribution in [2.45, 2.75) is 13.8 Å². The van der Waals surface area contributed by atoms with Gasteiger partial charge in [-0.2, -0.15) is 0 Å². The summed E-state index contributed by atoms with van der Waals surface area (Å²) in [6.07, 6.45) is 1.41. The van der Waals surface area contributed by atoms with Crippen LogP contribution < -0.4 is 10.6 Å². The number of ether oxygens (including phenoxy) is 1. The number of nitrogens with zero attached hydrogens (tertiary/aromatic N) is 3. The lowest BCUT2D eigenvalue weighted by molar-refractivity contribution is 0.0383. The molecule has 2 heterocycles. The third kappa shape index (κ3) is 5.00. The molecule has 0 unspecified atom stereocenters. The van der Waals surface area contributed by atoms with Crippen molar-refractivity contribution in [2.75, 3.05) is 44.7 Å². The molecule has 7 nitrogen and oxygen atoms in total. The maximum Gasteiger partial charge on any atom is 0.270 e. The number of morpholine rings is 1. The molecule has 0 atom stereocenters. The Labute approximate surface area is 153 Å². The molecule has 0 aliphatic carbocycles. The van der Waals surface area contributed by atoms with Crippen molar-refractivity contribution in [3.63, 3.8) is 0 Å². The van der Waals surface area contributed by atoms with E-state index in [9.17, 15) is 4.79 Å². The van der Waals surface area contributed by atoms with Crippen molar-refractivity contribution in [3.8, 4) is 0 Å². The van der Waals surface area contributed by atoms with E-state index in [4.69, 9.17) is 4.74 Å². The number of anilines is 2. The number of hydrogen-bond acceptors (Lipinski definition) is 6. The Morgan fingerprint density at radius 3 is 2.81 bits per heavy atom. The molecule has 3 rings (SSSR count). The lowest BCUT2D eigenvalue weighted by Gasteiger charge is -2.26. The van der Waals surface area contributed by atoms with Gasteiger partial charge in [0.1, 0.15) is 17.8 Å². The van der Waals surface area contributed by atoms with Crippen LogP contribution in [0.25, 0.3) is 0 Å². The predicted octanol–water partition coefficient (Wildman–Crippen LogP) is 1.90. The maximum absolute atomic E-state index is 12.3. The first-order valence-corrected chi connectivity index (χ1v) is 8.86.